The lowest BCUT2D eigenvalue weighted by Gasteiger charge is -2.08. The molecule has 0 amide bonds. The number of rotatable bonds is 3. The zero-order valence-corrected chi connectivity index (χ0v) is 14.1. The quantitative estimate of drug-likeness (QED) is 0.599. The monoisotopic (exact) mass is 385 g/mol. The molecular formula is C14H10BrClFN3S. The van der Waals surface area contributed by atoms with Gasteiger partial charge in [-0.05, 0) is 42.3 Å². The lowest BCUT2D eigenvalue weighted by atomic mass is 10.2. The van der Waals surface area contributed by atoms with Crippen LogP contribution in [-0.4, -0.2) is 9.97 Å². The second-order valence-corrected chi connectivity index (χ2v) is 6.74. The zero-order chi connectivity index (χ0) is 15.0. The number of nitrogens with zero attached hydrogens (tertiary/aromatic N) is 2. The average Bonchev–Trinajstić information content (AvgIpc) is 2.85. The summed E-state index contributed by atoms with van der Waals surface area (Å²) in [7, 11) is 0. The number of hydrogen-bond acceptors (Lipinski definition) is 4. The fourth-order valence-electron chi connectivity index (χ4n) is 1.93. The van der Waals surface area contributed by atoms with Gasteiger partial charge in [-0.25, -0.2) is 9.37 Å². The van der Waals surface area contributed by atoms with Gasteiger partial charge in [-0.1, -0.05) is 22.9 Å². The van der Waals surface area contributed by atoms with Crippen LogP contribution in [0.3, 0.4) is 0 Å². The van der Waals surface area contributed by atoms with Crippen molar-refractivity contribution >= 4 is 60.6 Å². The highest BCUT2D eigenvalue weighted by Gasteiger charge is 2.12. The summed E-state index contributed by atoms with van der Waals surface area (Å²) in [5, 5.41) is 3.99. The summed E-state index contributed by atoms with van der Waals surface area (Å²) in [6.45, 7) is 2.07. The Morgan fingerprint density at radius 2 is 2.14 bits per heavy atom. The molecule has 0 aliphatic heterocycles. The van der Waals surface area contributed by atoms with Gasteiger partial charge in [-0.15, -0.1) is 11.3 Å². The highest BCUT2D eigenvalue weighted by Crippen LogP contribution is 2.32. The van der Waals surface area contributed by atoms with E-state index in [0.717, 1.165) is 16.6 Å². The first kappa shape index (κ1) is 14.7. The van der Waals surface area contributed by atoms with Crippen LogP contribution in [0.1, 0.15) is 11.8 Å². The molecule has 3 rings (SSSR count). The SMILES string of the molecule is CCc1cc2c(Nc3ccc(Br)cc3F)nc(Cl)nc2s1. The van der Waals surface area contributed by atoms with Gasteiger partial charge in [0.1, 0.15) is 16.5 Å². The molecule has 21 heavy (non-hydrogen) atoms. The standard InChI is InChI=1S/C14H10BrClFN3S/c1-2-8-6-9-12(19-14(16)20-13(9)21-8)18-11-4-3-7(15)5-10(11)17/h3-6H,2H2,1H3,(H,18,19,20). The third kappa shape index (κ3) is 3.02. The van der Waals surface area contributed by atoms with Crippen molar-refractivity contribution in [1.29, 1.82) is 0 Å². The van der Waals surface area contributed by atoms with Gasteiger partial charge in [0, 0.05) is 9.35 Å². The molecule has 0 atom stereocenters. The molecule has 0 aliphatic carbocycles. The van der Waals surface area contributed by atoms with Gasteiger partial charge in [-0.2, -0.15) is 4.98 Å². The molecule has 108 valence electrons. The number of thiophene rings is 1. The highest BCUT2D eigenvalue weighted by atomic mass is 79.9. The lowest BCUT2D eigenvalue weighted by molar-refractivity contribution is 0.631. The molecule has 0 saturated carbocycles. The molecule has 2 aromatic heterocycles. The average molecular weight is 387 g/mol. The van der Waals surface area contributed by atoms with E-state index >= 15 is 0 Å². The van der Waals surface area contributed by atoms with E-state index in [1.54, 1.807) is 23.5 Å². The molecule has 3 nitrogen and oxygen atoms in total. The molecule has 7 heteroatoms. The summed E-state index contributed by atoms with van der Waals surface area (Å²) < 4.78 is 14.6. The predicted octanol–water partition coefficient (Wildman–Crippen LogP) is 5.55. The van der Waals surface area contributed by atoms with Crippen LogP contribution in [0.25, 0.3) is 10.2 Å². The van der Waals surface area contributed by atoms with E-state index in [-0.39, 0.29) is 11.1 Å². The molecule has 1 N–H and O–H groups in total. The third-order valence-electron chi connectivity index (χ3n) is 2.95. The Labute approximate surface area is 138 Å². The molecule has 0 fully saturated rings. The van der Waals surface area contributed by atoms with E-state index in [1.807, 2.05) is 6.07 Å². The maximum absolute atomic E-state index is 13.9. The van der Waals surface area contributed by atoms with E-state index in [1.165, 1.54) is 10.9 Å². The second kappa shape index (κ2) is 5.87. The van der Waals surface area contributed by atoms with Crippen LogP contribution in [0.15, 0.2) is 28.7 Å². The van der Waals surface area contributed by atoms with Crippen LogP contribution in [-0.2, 0) is 6.42 Å². The fourth-order valence-corrected chi connectivity index (χ4v) is 3.45. The smallest absolute Gasteiger partial charge is 0.225 e. The van der Waals surface area contributed by atoms with E-state index < -0.39 is 0 Å². The van der Waals surface area contributed by atoms with Gasteiger partial charge >= 0.3 is 0 Å². The Morgan fingerprint density at radius 3 is 2.86 bits per heavy atom. The van der Waals surface area contributed by atoms with E-state index in [9.17, 15) is 4.39 Å². The van der Waals surface area contributed by atoms with Crippen LogP contribution in [0, 0.1) is 5.82 Å². The Hall–Kier alpha value is -1.24. The number of hydrogen-bond donors (Lipinski definition) is 1. The van der Waals surface area contributed by atoms with Crippen LogP contribution < -0.4 is 5.32 Å². The van der Waals surface area contributed by atoms with Crippen molar-refractivity contribution in [2.45, 2.75) is 13.3 Å². The normalized spacial score (nSPS) is 11.0. The molecular weight excluding hydrogens is 377 g/mol. The molecule has 0 saturated heterocycles. The van der Waals surface area contributed by atoms with Crippen LogP contribution in [0.4, 0.5) is 15.9 Å². The summed E-state index contributed by atoms with van der Waals surface area (Å²) in [6, 6.07) is 6.81. The van der Waals surface area contributed by atoms with Crippen LogP contribution in [0.2, 0.25) is 5.28 Å². The van der Waals surface area contributed by atoms with Gasteiger partial charge in [0.25, 0.3) is 0 Å². The number of nitrogens with one attached hydrogen (secondary N) is 1. The minimum atomic E-state index is -0.363. The number of benzene rings is 1. The molecule has 0 bridgehead atoms. The number of fused-ring (bicyclic) bond motifs is 1. The van der Waals surface area contributed by atoms with E-state index in [2.05, 4.69) is 38.1 Å². The Balaban J connectivity index is 2.08. The van der Waals surface area contributed by atoms with Crippen LogP contribution >= 0.6 is 38.9 Å². The lowest BCUT2D eigenvalue weighted by Crippen LogP contribution is -1.98. The Bertz CT molecular complexity index is 821. The van der Waals surface area contributed by atoms with E-state index in [0.29, 0.717) is 16.0 Å². The summed E-state index contributed by atoms with van der Waals surface area (Å²) in [5.41, 5.74) is 0.346. The highest BCUT2D eigenvalue weighted by molar-refractivity contribution is 9.10. The molecule has 0 unspecified atom stereocenters. The Kier molecular flexibility index (Phi) is 4.10. The van der Waals surface area contributed by atoms with Crippen LogP contribution in [0.5, 0.6) is 0 Å². The van der Waals surface area contributed by atoms with Gasteiger partial charge < -0.3 is 5.32 Å². The number of aryl methyl sites for hydroxylation is 1. The topological polar surface area (TPSA) is 37.8 Å². The molecule has 0 radical (unpaired) electrons. The van der Waals surface area contributed by atoms with Crippen molar-refractivity contribution < 1.29 is 4.39 Å². The van der Waals surface area contributed by atoms with Gasteiger partial charge in [0.05, 0.1) is 11.1 Å². The second-order valence-electron chi connectivity index (χ2n) is 4.38. The van der Waals surface area contributed by atoms with E-state index in [4.69, 9.17) is 11.6 Å². The van der Waals surface area contributed by atoms with Gasteiger partial charge in [0.15, 0.2) is 0 Å². The first-order valence-electron chi connectivity index (χ1n) is 6.25. The zero-order valence-electron chi connectivity index (χ0n) is 11.0. The molecule has 0 aliphatic rings. The summed E-state index contributed by atoms with van der Waals surface area (Å²) in [5.74, 6) is 0.153. The maximum atomic E-state index is 13.9. The summed E-state index contributed by atoms with van der Waals surface area (Å²) in [6.07, 6.45) is 0.907. The number of halogens is 3. The summed E-state index contributed by atoms with van der Waals surface area (Å²) >= 11 is 10.7. The first-order chi connectivity index (χ1) is 10.1. The van der Waals surface area contributed by atoms with Gasteiger partial charge in [-0.3, -0.25) is 0 Å². The minimum Gasteiger partial charge on any atom is -0.337 e. The molecule has 1 aromatic carbocycles. The Morgan fingerprint density at radius 1 is 1.33 bits per heavy atom. The predicted molar refractivity (Wildman–Crippen MR) is 89.2 cm³/mol. The van der Waals surface area contributed by atoms with Crippen molar-refractivity contribution in [3.8, 4) is 0 Å². The largest absolute Gasteiger partial charge is 0.337 e. The molecule has 0 spiro atoms. The fraction of sp³-hybridized carbons (Fsp3) is 0.143. The molecule has 2 heterocycles. The maximum Gasteiger partial charge on any atom is 0.225 e. The first-order valence-corrected chi connectivity index (χ1v) is 8.23. The number of anilines is 2. The van der Waals surface area contributed by atoms with Crippen molar-refractivity contribution in [3.63, 3.8) is 0 Å². The minimum absolute atomic E-state index is 0.145. The van der Waals surface area contributed by atoms with Crippen molar-refractivity contribution in [2.24, 2.45) is 0 Å². The van der Waals surface area contributed by atoms with Gasteiger partial charge in [0.2, 0.25) is 5.28 Å². The molecule has 3 aromatic rings. The third-order valence-corrected chi connectivity index (χ3v) is 4.78. The van der Waals surface area contributed by atoms with Crippen molar-refractivity contribution in [2.75, 3.05) is 5.32 Å². The number of aromatic nitrogens is 2. The van der Waals surface area contributed by atoms with Crippen molar-refractivity contribution in [3.05, 3.63) is 44.7 Å². The summed E-state index contributed by atoms with van der Waals surface area (Å²) in [4.78, 5) is 10.4. The van der Waals surface area contributed by atoms with Crippen molar-refractivity contribution in [1.82, 2.24) is 9.97 Å².